The molecule has 3 heterocycles. The van der Waals surface area contributed by atoms with Crippen molar-refractivity contribution in [2.24, 2.45) is 5.92 Å². The molecule has 0 aromatic carbocycles. The van der Waals surface area contributed by atoms with Gasteiger partial charge in [-0.05, 0) is 46.5 Å². The van der Waals surface area contributed by atoms with Crippen LogP contribution in [0, 0.1) is 5.92 Å². The Morgan fingerprint density at radius 2 is 1.78 bits per heavy atom. The van der Waals surface area contributed by atoms with Gasteiger partial charge in [0.2, 0.25) is 5.91 Å². The van der Waals surface area contributed by atoms with Crippen molar-refractivity contribution >= 4 is 23.9 Å². The second kappa shape index (κ2) is 9.93. The van der Waals surface area contributed by atoms with Crippen molar-refractivity contribution in [1.82, 2.24) is 25.7 Å². The number of hydrogen-bond donors (Lipinski definition) is 2. The predicted molar refractivity (Wildman–Crippen MR) is 114 cm³/mol. The van der Waals surface area contributed by atoms with E-state index < -0.39 is 29.6 Å². The van der Waals surface area contributed by atoms with Crippen molar-refractivity contribution in [2.75, 3.05) is 26.2 Å². The quantitative estimate of drug-likeness (QED) is 0.463. The molecule has 0 radical (unpaired) electrons. The highest BCUT2D eigenvalue weighted by molar-refractivity contribution is 5.90. The van der Waals surface area contributed by atoms with E-state index in [1.165, 1.54) is 14.9 Å². The van der Waals surface area contributed by atoms with Gasteiger partial charge in [-0.1, -0.05) is 13.3 Å². The smallest absolute Gasteiger partial charge is 0.410 e. The maximum Gasteiger partial charge on any atom is 0.410 e. The number of carbonyl (C=O) groups excluding carboxylic acids is 4. The lowest BCUT2D eigenvalue weighted by Crippen LogP contribution is -2.55. The zero-order chi connectivity index (χ0) is 23.5. The van der Waals surface area contributed by atoms with E-state index in [0.717, 1.165) is 12.8 Å². The third kappa shape index (κ3) is 5.62. The average molecular weight is 454 g/mol. The second-order valence-corrected chi connectivity index (χ2v) is 9.58. The standard InChI is InChI=1S/C21H35N5O6/c1-5-6-11-31-26-15-7-8-16(25(13-15)19(26)29)18(28)23-22-17(27)14-9-10-24(12-14)20(30)32-21(2,3)4/h14-16H,5-13H2,1-4H3,(H,22,27)(H,23,28)/t14-,15?,16+/m1/s1. The number of hydrazine groups is 1. The zero-order valence-corrected chi connectivity index (χ0v) is 19.4. The van der Waals surface area contributed by atoms with Gasteiger partial charge in [0, 0.05) is 19.6 Å². The van der Waals surface area contributed by atoms with Gasteiger partial charge < -0.3 is 14.5 Å². The summed E-state index contributed by atoms with van der Waals surface area (Å²) in [7, 11) is 0. The van der Waals surface area contributed by atoms with E-state index in [0.29, 0.717) is 39.0 Å². The third-order valence-corrected chi connectivity index (χ3v) is 5.87. The molecule has 2 N–H and O–H groups in total. The lowest BCUT2D eigenvalue weighted by atomic mass is 10.0. The summed E-state index contributed by atoms with van der Waals surface area (Å²) in [5.41, 5.74) is 4.31. The molecule has 180 valence electrons. The maximum absolute atomic E-state index is 12.7. The van der Waals surface area contributed by atoms with Gasteiger partial charge in [0.25, 0.3) is 5.91 Å². The normalized spacial score (nSPS) is 25.2. The van der Waals surface area contributed by atoms with Crippen LogP contribution in [0.3, 0.4) is 0 Å². The van der Waals surface area contributed by atoms with E-state index in [-0.39, 0.29) is 24.5 Å². The van der Waals surface area contributed by atoms with Crippen molar-refractivity contribution in [1.29, 1.82) is 0 Å². The number of unbranched alkanes of at least 4 members (excludes halogenated alkanes) is 1. The Morgan fingerprint density at radius 3 is 2.47 bits per heavy atom. The summed E-state index contributed by atoms with van der Waals surface area (Å²) in [5.74, 6) is -1.23. The Hall–Kier alpha value is -2.56. The number of nitrogens with zero attached hydrogens (tertiary/aromatic N) is 3. The fraction of sp³-hybridized carbons (Fsp3) is 0.810. The van der Waals surface area contributed by atoms with Crippen LogP contribution in [0.15, 0.2) is 0 Å². The van der Waals surface area contributed by atoms with Gasteiger partial charge >= 0.3 is 12.1 Å². The van der Waals surface area contributed by atoms with Gasteiger partial charge in [0.1, 0.15) is 11.6 Å². The number of urea groups is 1. The summed E-state index contributed by atoms with van der Waals surface area (Å²) in [6.45, 7) is 8.97. The van der Waals surface area contributed by atoms with Crippen LogP contribution >= 0.6 is 0 Å². The monoisotopic (exact) mass is 453 g/mol. The van der Waals surface area contributed by atoms with E-state index in [2.05, 4.69) is 10.9 Å². The minimum Gasteiger partial charge on any atom is -0.444 e. The van der Waals surface area contributed by atoms with E-state index >= 15 is 0 Å². The summed E-state index contributed by atoms with van der Waals surface area (Å²) < 4.78 is 5.34. The third-order valence-electron chi connectivity index (χ3n) is 5.87. The van der Waals surface area contributed by atoms with E-state index in [4.69, 9.17) is 9.57 Å². The molecule has 0 aromatic rings. The molecule has 3 saturated heterocycles. The first kappa shape index (κ1) is 24.1. The molecule has 0 spiro atoms. The first-order valence-electron chi connectivity index (χ1n) is 11.4. The Labute approximate surface area is 188 Å². The molecule has 11 heteroatoms. The Balaban J connectivity index is 1.45. The molecule has 11 nitrogen and oxygen atoms in total. The lowest BCUT2D eigenvalue weighted by Gasteiger charge is -2.29. The number of rotatable bonds is 6. The van der Waals surface area contributed by atoms with Gasteiger partial charge in [0.05, 0.1) is 18.6 Å². The van der Waals surface area contributed by atoms with Gasteiger partial charge in [-0.25, -0.2) is 9.59 Å². The van der Waals surface area contributed by atoms with Crippen LogP contribution in [0.4, 0.5) is 9.59 Å². The molecule has 3 fully saturated rings. The second-order valence-electron chi connectivity index (χ2n) is 9.58. The van der Waals surface area contributed by atoms with Crippen LogP contribution in [0.25, 0.3) is 0 Å². The van der Waals surface area contributed by atoms with E-state index in [1.807, 2.05) is 6.92 Å². The maximum atomic E-state index is 12.7. The fourth-order valence-electron chi connectivity index (χ4n) is 4.15. The number of nitrogens with one attached hydrogen (secondary N) is 2. The first-order valence-corrected chi connectivity index (χ1v) is 11.4. The molecule has 0 aromatic heterocycles. The van der Waals surface area contributed by atoms with Crippen molar-refractivity contribution in [2.45, 2.75) is 77.5 Å². The molecule has 3 atom stereocenters. The number of hydroxylamine groups is 2. The topological polar surface area (TPSA) is 121 Å². The van der Waals surface area contributed by atoms with Gasteiger partial charge in [-0.15, -0.1) is 0 Å². The number of likely N-dealkylation sites (tertiary alicyclic amines) is 1. The van der Waals surface area contributed by atoms with Crippen molar-refractivity contribution in [3.05, 3.63) is 0 Å². The Morgan fingerprint density at radius 1 is 1.06 bits per heavy atom. The zero-order valence-electron chi connectivity index (χ0n) is 19.4. The Kier molecular flexibility index (Phi) is 7.47. The van der Waals surface area contributed by atoms with Crippen LogP contribution in [-0.4, -0.2) is 82.7 Å². The number of amides is 5. The van der Waals surface area contributed by atoms with Crippen molar-refractivity contribution < 1.29 is 28.8 Å². The van der Waals surface area contributed by atoms with Crippen LogP contribution in [0.5, 0.6) is 0 Å². The van der Waals surface area contributed by atoms with Gasteiger partial charge in [-0.3, -0.25) is 25.3 Å². The molecule has 1 unspecified atom stereocenters. The van der Waals surface area contributed by atoms with Crippen molar-refractivity contribution in [3.8, 4) is 0 Å². The number of ether oxygens (including phenoxy) is 1. The van der Waals surface area contributed by atoms with Gasteiger partial charge in [-0.2, -0.15) is 5.06 Å². The molecular formula is C21H35N5O6. The molecule has 0 aliphatic carbocycles. The molecule has 32 heavy (non-hydrogen) atoms. The molecule has 0 saturated carbocycles. The highest BCUT2D eigenvalue weighted by atomic mass is 16.7. The van der Waals surface area contributed by atoms with Crippen LogP contribution in [0.1, 0.15) is 59.8 Å². The number of hydrogen-bond acceptors (Lipinski definition) is 6. The molecular weight excluding hydrogens is 418 g/mol. The summed E-state index contributed by atoms with van der Waals surface area (Å²) in [6, 6.07) is -1.00. The van der Waals surface area contributed by atoms with Gasteiger partial charge in [0.15, 0.2) is 0 Å². The SMILES string of the molecule is CCCCON1C(=O)N2CC1CC[C@H]2C(=O)NNC(=O)[C@@H]1CCN(C(=O)OC(C)(C)C)C1. The van der Waals surface area contributed by atoms with Crippen LogP contribution in [-0.2, 0) is 19.2 Å². The van der Waals surface area contributed by atoms with Crippen molar-refractivity contribution in [3.63, 3.8) is 0 Å². The lowest BCUT2D eigenvalue weighted by molar-refractivity contribution is -0.133. The number of piperidine rings is 1. The first-order chi connectivity index (χ1) is 15.1. The Bertz CT molecular complexity index is 739. The largest absolute Gasteiger partial charge is 0.444 e. The van der Waals surface area contributed by atoms with E-state index in [1.54, 1.807) is 20.8 Å². The minimum atomic E-state index is -0.652. The summed E-state index contributed by atoms with van der Waals surface area (Å²) in [5, 5.41) is 1.39. The summed E-state index contributed by atoms with van der Waals surface area (Å²) in [6.07, 6.45) is 3.03. The van der Waals surface area contributed by atoms with Crippen LogP contribution < -0.4 is 10.9 Å². The predicted octanol–water partition coefficient (Wildman–Crippen LogP) is 1.39. The average Bonchev–Trinajstić information content (AvgIpc) is 3.31. The highest BCUT2D eigenvalue weighted by Gasteiger charge is 2.48. The number of carbonyl (C=O) groups is 4. The summed E-state index contributed by atoms with van der Waals surface area (Å²) >= 11 is 0. The molecule has 3 aliphatic heterocycles. The molecule has 2 bridgehead atoms. The van der Waals surface area contributed by atoms with Crippen LogP contribution in [0.2, 0.25) is 0 Å². The number of fused-ring (bicyclic) bond motifs is 2. The minimum absolute atomic E-state index is 0.0460. The molecule has 5 amide bonds. The molecule has 3 rings (SSSR count). The summed E-state index contributed by atoms with van der Waals surface area (Å²) in [4.78, 5) is 58.6. The van der Waals surface area contributed by atoms with E-state index in [9.17, 15) is 19.2 Å². The highest BCUT2D eigenvalue weighted by Crippen LogP contribution is 2.30. The molecule has 3 aliphatic rings. The fourth-order valence-corrected chi connectivity index (χ4v) is 4.15.